The molecular formula is C14H28N2O4. The summed E-state index contributed by atoms with van der Waals surface area (Å²) in [4.78, 5) is 23.9. The van der Waals surface area contributed by atoms with Crippen molar-refractivity contribution < 1.29 is 19.1 Å². The summed E-state index contributed by atoms with van der Waals surface area (Å²) < 4.78 is 10.4. The van der Waals surface area contributed by atoms with Gasteiger partial charge in [0.15, 0.2) is 0 Å². The number of rotatable bonds is 0. The minimum absolute atomic E-state index is 0.629. The largest absolute Gasteiger partial charge is 0.443 e. The van der Waals surface area contributed by atoms with Crippen LogP contribution < -0.4 is 5.43 Å². The molecule has 2 amide bonds. The second-order valence-electron chi connectivity index (χ2n) is 7.60. The number of hydrazine groups is 1. The summed E-state index contributed by atoms with van der Waals surface area (Å²) in [6, 6.07) is 0. The van der Waals surface area contributed by atoms with Gasteiger partial charge in [-0.2, -0.15) is 0 Å². The summed E-state index contributed by atoms with van der Waals surface area (Å²) in [5.74, 6) is 0. The van der Waals surface area contributed by atoms with Gasteiger partial charge < -0.3 is 9.47 Å². The van der Waals surface area contributed by atoms with Crippen LogP contribution in [0.15, 0.2) is 0 Å². The molecule has 0 fully saturated rings. The predicted octanol–water partition coefficient (Wildman–Crippen LogP) is 3.46. The lowest BCUT2D eigenvalue weighted by Gasteiger charge is -2.36. The number of amides is 2. The predicted molar refractivity (Wildman–Crippen MR) is 77.2 cm³/mol. The van der Waals surface area contributed by atoms with E-state index in [-0.39, 0.29) is 0 Å². The van der Waals surface area contributed by atoms with Crippen molar-refractivity contribution in [3.8, 4) is 0 Å². The van der Waals surface area contributed by atoms with E-state index in [2.05, 4.69) is 5.43 Å². The minimum Gasteiger partial charge on any atom is -0.443 e. The van der Waals surface area contributed by atoms with Crippen LogP contribution in [-0.2, 0) is 9.47 Å². The quantitative estimate of drug-likeness (QED) is 0.693. The lowest BCUT2D eigenvalue weighted by atomic mass is 10.1. The Morgan fingerprint density at radius 2 is 1.20 bits per heavy atom. The fourth-order valence-electron chi connectivity index (χ4n) is 1.19. The summed E-state index contributed by atoms with van der Waals surface area (Å²) in [7, 11) is 0. The molecule has 0 heterocycles. The highest BCUT2D eigenvalue weighted by Crippen LogP contribution is 2.17. The Labute approximate surface area is 121 Å². The smallest absolute Gasteiger partial charge is 0.429 e. The van der Waals surface area contributed by atoms with Gasteiger partial charge in [-0.3, -0.25) is 0 Å². The van der Waals surface area contributed by atoms with Gasteiger partial charge in [-0.25, -0.2) is 20.0 Å². The van der Waals surface area contributed by atoms with Gasteiger partial charge in [0.2, 0.25) is 0 Å². The van der Waals surface area contributed by atoms with Gasteiger partial charge in [0.05, 0.1) is 5.54 Å². The molecule has 6 nitrogen and oxygen atoms in total. The molecule has 6 heteroatoms. The Hall–Kier alpha value is -1.46. The molecule has 0 unspecified atom stereocenters. The van der Waals surface area contributed by atoms with Crippen LogP contribution in [0.2, 0.25) is 0 Å². The van der Waals surface area contributed by atoms with E-state index in [1.54, 1.807) is 62.3 Å². The first-order valence-electron chi connectivity index (χ1n) is 6.65. The third-order valence-corrected chi connectivity index (χ3v) is 1.85. The zero-order valence-corrected chi connectivity index (χ0v) is 14.1. The lowest BCUT2D eigenvalue weighted by molar-refractivity contribution is -0.0210. The summed E-state index contributed by atoms with van der Waals surface area (Å²) in [6.45, 7) is 15.9. The Balaban J connectivity index is 4.93. The van der Waals surface area contributed by atoms with Crippen molar-refractivity contribution in [2.75, 3.05) is 0 Å². The summed E-state index contributed by atoms with van der Waals surface area (Å²) in [5.41, 5.74) is 0.514. The van der Waals surface area contributed by atoms with E-state index >= 15 is 0 Å². The molecule has 0 spiro atoms. The van der Waals surface area contributed by atoms with Crippen molar-refractivity contribution in [1.29, 1.82) is 0 Å². The van der Waals surface area contributed by atoms with Crippen LogP contribution in [0.5, 0.6) is 0 Å². The number of ether oxygens (including phenoxy) is 2. The minimum atomic E-state index is -0.696. The van der Waals surface area contributed by atoms with Gasteiger partial charge in [-0.1, -0.05) is 0 Å². The van der Waals surface area contributed by atoms with Crippen molar-refractivity contribution >= 4 is 12.2 Å². The van der Waals surface area contributed by atoms with Crippen LogP contribution in [0.25, 0.3) is 0 Å². The number of hydrogen-bond acceptors (Lipinski definition) is 4. The van der Waals surface area contributed by atoms with Crippen LogP contribution in [0.1, 0.15) is 62.3 Å². The van der Waals surface area contributed by atoms with Crippen molar-refractivity contribution in [2.24, 2.45) is 0 Å². The summed E-state index contributed by atoms with van der Waals surface area (Å²) in [5, 5.41) is 1.13. The van der Waals surface area contributed by atoms with Crippen molar-refractivity contribution in [1.82, 2.24) is 10.4 Å². The van der Waals surface area contributed by atoms with Gasteiger partial charge in [0, 0.05) is 0 Å². The van der Waals surface area contributed by atoms with E-state index < -0.39 is 28.9 Å². The molecule has 20 heavy (non-hydrogen) atoms. The average Bonchev–Trinajstić information content (AvgIpc) is 2.05. The van der Waals surface area contributed by atoms with E-state index in [9.17, 15) is 9.59 Å². The molecule has 0 rings (SSSR count). The topological polar surface area (TPSA) is 67.9 Å². The SMILES string of the molecule is CC(C)(C)OC(=O)NN(C(=O)OC(C)(C)C)C(C)(C)C. The molecule has 0 aliphatic carbocycles. The molecule has 118 valence electrons. The van der Waals surface area contributed by atoms with Crippen LogP contribution in [0.4, 0.5) is 9.59 Å². The molecular weight excluding hydrogens is 260 g/mol. The van der Waals surface area contributed by atoms with E-state index in [4.69, 9.17) is 9.47 Å². The fraction of sp³-hybridized carbons (Fsp3) is 0.857. The average molecular weight is 288 g/mol. The molecule has 0 aliphatic rings. The van der Waals surface area contributed by atoms with Crippen molar-refractivity contribution in [2.45, 2.75) is 79.1 Å². The zero-order chi connectivity index (χ0) is 16.4. The first kappa shape index (κ1) is 18.5. The lowest BCUT2D eigenvalue weighted by Crippen LogP contribution is -2.57. The number of hydrogen-bond donors (Lipinski definition) is 1. The van der Waals surface area contributed by atoms with E-state index in [1.807, 2.05) is 0 Å². The van der Waals surface area contributed by atoms with Crippen LogP contribution >= 0.6 is 0 Å². The second-order valence-corrected chi connectivity index (χ2v) is 7.60. The van der Waals surface area contributed by atoms with Crippen LogP contribution in [0.3, 0.4) is 0 Å². The Kier molecular flexibility index (Phi) is 5.46. The molecule has 0 aromatic carbocycles. The third kappa shape index (κ3) is 7.86. The molecule has 0 bridgehead atoms. The molecule has 0 radical (unpaired) electrons. The van der Waals surface area contributed by atoms with Gasteiger partial charge >= 0.3 is 12.2 Å². The normalized spacial score (nSPS) is 12.7. The van der Waals surface area contributed by atoms with Gasteiger partial charge in [0.1, 0.15) is 11.2 Å². The molecule has 0 aliphatic heterocycles. The molecule has 0 saturated carbocycles. The molecule has 0 saturated heterocycles. The monoisotopic (exact) mass is 288 g/mol. The van der Waals surface area contributed by atoms with Crippen molar-refractivity contribution in [3.05, 3.63) is 0 Å². The zero-order valence-electron chi connectivity index (χ0n) is 14.1. The van der Waals surface area contributed by atoms with Gasteiger partial charge in [-0.15, -0.1) is 0 Å². The molecule has 0 aromatic heterocycles. The van der Waals surface area contributed by atoms with E-state index in [0.29, 0.717) is 0 Å². The Morgan fingerprint density at radius 3 is 1.50 bits per heavy atom. The van der Waals surface area contributed by atoms with E-state index in [0.717, 1.165) is 5.01 Å². The number of carbonyl (C=O) groups excluding carboxylic acids is 2. The van der Waals surface area contributed by atoms with Gasteiger partial charge in [-0.05, 0) is 62.3 Å². The number of nitrogens with one attached hydrogen (secondary N) is 1. The number of carbonyl (C=O) groups is 2. The highest BCUT2D eigenvalue weighted by molar-refractivity contribution is 5.75. The number of nitrogens with zero attached hydrogens (tertiary/aromatic N) is 1. The van der Waals surface area contributed by atoms with Crippen LogP contribution in [-0.4, -0.2) is 33.9 Å². The maximum Gasteiger partial charge on any atom is 0.429 e. The van der Waals surface area contributed by atoms with Crippen molar-refractivity contribution in [3.63, 3.8) is 0 Å². The van der Waals surface area contributed by atoms with E-state index in [1.165, 1.54) is 0 Å². The summed E-state index contributed by atoms with van der Waals surface area (Å²) >= 11 is 0. The standard InChI is InChI=1S/C14H28N2O4/c1-12(2,3)16(11(18)20-14(7,8)9)15-10(17)19-13(4,5)6/h1-9H3,(H,15,17). The first-order chi connectivity index (χ1) is 8.62. The first-order valence-corrected chi connectivity index (χ1v) is 6.65. The highest BCUT2D eigenvalue weighted by atomic mass is 16.6. The molecule has 0 atom stereocenters. The molecule has 0 aromatic rings. The Morgan fingerprint density at radius 1 is 0.800 bits per heavy atom. The Bertz CT molecular complexity index is 359. The van der Waals surface area contributed by atoms with Crippen LogP contribution in [0, 0.1) is 0 Å². The summed E-state index contributed by atoms with van der Waals surface area (Å²) in [6.07, 6.45) is -1.32. The highest BCUT2D eigenvalue weighted by Gasteiger charge is 2.33. The second kappa shape index (κ2) is 5.89. The molecule has 1 N–H and O–H groups in total. The maximum atomic E-state index is 12.1. The fourth-order valence-corrected chi connectivity index (χ4v) is 1.19. The third-order valence-electron chi connectivity index (χ3n) is 1.85. The van der Waals surface area contributed by atoms with Gasteiger partial charge in [0.25, 0.3) is 0 Å². The maximum absolute atomic E-state index is 12.1.